The number of amides is 1. The van der Waals surface area contributed by atoms with Gasteiger partial charge in [0.1, 0.15) is 12.1 Å². The number of benzene rings is 1. The Morgan fingerprint density at radius 2 is 1.76 bits per heavy atom. The largest absolute Gasteiger partial charge is 0.493 e. The number of ether oxygens (including phenoxy) is 2. The zero-order valence-corrected chi connectivity index (χ0v) is 20.3. The minimum atomic E-state index is 0.143. The van der Waals surface area contributed by atoms with Gasteiger partial charge in [-0.15, -0.1) is 0 Å². The van der Waals surface area contributed by atoms with Crippen molar-refractivity contribution in [3.05, 3.63) is 36.7 Å². The van der Waals surface area contributed by atoms with Crippen LogP contribution in [0.15, 0.2) is 36.7 Å². The number of hydrogen-bond donors (Lipinski definition) is 0. The van der Waals surface area contributed by atoms with Gasteiger partial charge in [-0.1, -0.05) is 57.6 Å². The molecule has 180 valence electrons. The smallest absolute Gasteiger partial charge is 0.224 e. The fourth-order valence-corrected chi connectivity index (χ4v) is 4.29. The molecule has 3 rings (SSSR count). The van der Waals surface area contributed by atoms with Crippen LogP contribution in [-0.4, -0.2) is 53.6 Å². The molecule has 1 saturated heterocycles. The SMILES string of the molecule is CCCCCCCCCC(=O)N1CCN(c2cc(Oc3ccccc3OC)ncn2)CC1C. The fraction of sp³-hybridized carbons (Fsp3) is 0.577. The number of piperazine rings is 1. The molecule has 0 aliphatic carbocycles. The van der Waals surface area contributed by atoms with Crippen LogP contribution in [0, 0.1) is 0 Å². The standard InChI is InChI=1S/C26H38N4O3/c1-4-5-6-7-8-9-10-15-26(31)30-17-16-29(19-21(30)2)24-18-25(28-20-27-24)33-23-14-12-11-13-22(23)32-3/h11-14,18,20-21H,4-10,15-17,19H2,1-3H3. The number of hydrogen-bond acceptors (Lipinski definition) is 6. The second-order valence-electron chi connectivity index (χ2n) is 8.72. The topological polar surface area (TPSA) is 67.8 Å². The predicted molar refractivity (Wildman–Crippen MR) is 131 cm³/mol. The maximum Gasteiger partial charge on any atom is 0.224 e. The molecule has 1 aromatic heterocycles. The van der Waals surface area contributed by atoms with Crippen LogP contribution in [0.1, 0.15) is 65.2 Å². The van der Waals surface area contributed by atoms with E-state index in [2.05, 4.69) is 28.7 Å². The average molecular weight is 455 g/mol. The van der Waals surface area contributed by atoms with Crippen molar-refractivity contribution in [3.63, 3.8) is 0 Å². The normalized spacial score (nSPS) is 16.0. The van der Waals surface area contributed by atoms with Gasteiger partial charge < -0.3 is 19.3 Å². The summed E-state index contributed by atoms with van der Waals surface area (Å²) in [6, 6.07) is 9.47. The summed E-state index contributed by atoms with van der Waals surface area (Å²) in [7, 11) is 1.61. The van der Waals surface area contributed by atoms with Crippen LogP contribution in [0.25, 0.3) is 0 Å². The first-order valence-electron chi connectivity index (χ1n) is 12.3. The highest BCUT2D eigenvalue weighted by Gasteiger charge is 2.28. The van der Waals surface area contributed by atoms with E-state index >= 15 is 0 Å². The third-order valence-electron chi connectivity index (χ3n) is 6.18. The summed E-state index contributed by atoms with van der Waals surface area (Å²) in [4.78, 5) is 25.7. The lowest BCUT2D eigenvalue weighted by molar-refractivity contribution is -0.133. The molecule has 2 heterocycles. The number of unbranched alkanes of at least 4 members (excludes halogenated alkanes) is 6. The predicted octanol–water partition coefficient (Wildman–Crippen LogP) is 5.46. The van der Waals surface area contributed by atoms with Crippen molar-refractivity contribution in [1.82, 2.24) is 14.9 Å². The molecular weight excluding hydrogens is 416 g/mol. The Balaban J connectivity index is 1.49. The van der Waals surface area contributed by atoms with Gasteiger partial charge in [-0.25, -0.2) is 9.97 Å². The summed E-state index contributed by atoms with van der Waals surface area (Å²) in [6.45, 7) is 6.55. The average Bonchev–Trinajstić information content (AvgIpc) is 2.84. The highest BCUT2D eigenvalue weighted by Crippen LogP contribution is 2.31. The van der Waals surface area contributed by atoms with E-state index in [9.17, 15) is 4.79 Å². The molecule has 1 atom stereocenters. The summed E-state index contributed by atoms with van der Waals surface area (Å²) in [5.41, 5.74) is 0. The monoisotopic (exact) mass is 454 g/mol. The summed E-state index contributed by atoms with van der Waals surface area (Å²) in [6.07, 6.45) is 10.8. The molecule has 0 spiro atoms. The van der Waals surface area contributed by atoms with Crippen molar-refractivity contribution in [3.8, 4) is 17.4 Å². The zero-order chi connectivity index (χ0) is 23.5. The van der Waals surface area contributed by atoms with E-state index in [1.165, 1.54) is 38.4 Å². The Morgan fingerprint density at radius 1 is 1.03 bits per heavy atom. The highest BCUT2D eigenvalue weighted by atomic mass is 16.5. The highest BCUT2D eigenvalue weighted by molar-refractivity contribution is 5.76. The molecule has 7 heteroatoms. The van der Waals surface area contributed by atoms with Gasteiger partial charge in [-0.3, -0.25) is 4.79 Å². The molecule has 0 saturated carbocycles. The van der Waals surface area contributed by atoms with Gasteiger partial charge in [0.15, 0.2) is 11.5 Å². The van der Waals surface area contributed by atoms with Crippen LogP contribution in [0.4, 0.5) is 5.82 Å². The minimum Gasteiger partial charge on any atom is -0.493 e. The lowest BCUT2D eigenvalue weighted by Crippen LogP contribution is -2.54. The van der Waals surface area contributed by atoms with Crippen molar-refractivity contribution in [1.29, 1.82) is 0 Å². The van der Waals surface area contributed by atoms with Crippen LogP contribution in [0.2, 0.25) is 0 Å². The van der Waals surface area contributed by atoms with Gasteiger partial charge >= 0.3 is 0 Å². The quantitative estimate of drug-likeness (QED) is 0.397. The zero-order valence-electron chi connectivity index (χ0n) is 20.3. The molecule has 1 unspecified atom stereocenters. The lowest BCUT2D eigenvalue weighted by atomic mass is 10.1. The number of anilines is 1. The molecule has 1 aliphatic rings. The first-order valence-corrected chi connectivity index (χ1v) is 12.3. The Labute approximate surface area is 198 Å². The Hall–Kier alpha value is -2.83. The molecule has 1 amide bonds. The molecule has 0 N–H and O–H groups in total. The van der Waals surface area contributed by atoms with E-state index in [4.69, 9.17) is 9.47 Å². The number of aromatic nitrogens is 2. The number of nitrogens with zero attached hydrogens (tertiary/aromatic N) is 4. The number of para-hydroxylation sites is 2. The van der Waals surface area contributed by atoms with Crippen molar-refractivity contribution in [2.24, 2.45) is 0 Å². The van der Waals surface area contributed by atoms with Crippen molar-refractivity contribution in [2.75, 3.05) is 31.6 Å². The van der Waals surface area contributed by atoms with Crippen LogP contribution in [0.3, 0.4) is 0 Å². The van der Waals surface area contributed by atoms with Crippen molar-refractivity contribution >= 4 is 11.7 Å². The molecule has 0 bridgehead atoms. The molecule has 0 radical (unpaired) electrons. The Morgan fingerprint density at radius 3 is 2.48 bits per heavy atom. The van der Waals surface area contributed by atoms with Gasteiger partial charge in [0, 0.05) is 38.2 Å². The van der Waals surface area contributed by atoms with E-state index in [1.54, 1.807) is 7.11 Å². The molecule has 2 aromatic rings. The van der Waals surface area contributed by atoms with Gasteiger partial charge in [0.2, 0.25) is 11.8 Å². The number of carbonyl (C=O) groups excluding carboxylic acids is 1. The van der Waals surface area contributed by atoms with Crippen LogP contribution < -0.4 is 14.4 Å². The lowest BCUT2D eigenvalue weighted by Gasteiger charge is -2.40. The summed E-state index contributed by atoms with van der Waals surface area (Å²) >= 11 is 0. The Kier molecular flexibility index (Phi) is 9.78. The van der Waals surface area contributed by atoms with Crippen molar-refractivity contribution < 1.29 is 14.3 Å². The molecule has 7 nitrogen and oxygen atoms in total. The van der Waals surface area contributed by atoms with E-state index in [0.717, 1.165) is 31.7 Å². The summed E-state index contributed by atoms with van der Waals surface area (Å²) < 4.78 is 11.3. The summed E-state index contributed by atoms with van der Waals surface area (Å²) in [5.74, 6) is 2.81. The van der Waals surface area contributed by atoms with E-state index in [0.29, 0.717) is 30.3 Å². The van der Waals surface area contributed by atoms with Gasteiger partial charge in [-0.05, 0) is 25.5 Å². The second kappa shape index (κ2) is 13.0. The molecule has 1 aliphatic heterocycles. The molecule has 1 fully saturated rings. The minimum absolute atomic E-state index is 0.143. The third-order valence-corrected chi connectivity index (χ3v) is 6.18. The van der Waals surface area contributed by atoms with Crippen LogP contribution in [0.5, 0.6) is 17.4 Å². The first kappa shape index (κ1) is 24.8. The number of rotatable bonds is 12. The maximum atomic E-state index is 12.8. The van der Waals surface area contributed by atoms with Gasteiger partial charge in [0.05, 0.1) is 7.11 Å². The van der Waals surface area contributed by atoms with Gasteiger partial charge in [0.25, 0.3) is 0 Å². The number of methoxy groups -OCH3 is 1. The second-order valence-corrected chi connectivity index (χ2v) is 8.72. The van der Waals surface area contributed by atoms with Crippen LogP contribution >= 0.6 is 0 Å². The van der Waals surface area contributed by atoms with E-state index in [-0.39, 0.29) is 11.9 Å². The van der Waals surface area contributed by atoms with E-state index < -0.39 is 0 Å². The van der Waals surface area contributed by atoms with Crippen molar-refractivity contribution in [2.45, 2.75) is 71.3 Å². The molecule has 33 heavy (non-hydrogen) atoms. The Bertz CT molecular complexity index is 876. The molecular formula is C26H38N4O3. The molecule has 1 aromatic carbocycles. The summed E-state index contributed by atoms with van der Waals surface area (Å²) in [5, 5.41) is 0. The third kappa shape index (κ3) is 7.34. The van der Waals surface area contributed by atoms with E-state index in [1.807, 2.05) is 35.2 Å². The maximum absolute atomic E-state index is 12.8. The fourth-order valence-electron chi connectivity index (χ4n) is 4.29. The van der Waals surface area contributed by atoms with Crippen LogP contribution in [-0.2, 0) is 4.79 Å². The first-order chi connectivity index (χ1) is 16.1. The number of carbonyl (C=O) groups is 1. The van der Waals surface area contributed by atoms with Gasteiger partial charge in [-0.2, -0.15) is 0 Å².